The summed E-state index contributed by atoms with van der Waals surface area (Å²) in [6, 6.07) is 16.3. The molecule has 45 heavy (non-hydrogen) atoms. The van der Waals surface area contributed by atoms with Crippen molar-refractivity contribution in [2.45, 2.75) is 26.5 Å². The molecule has 4 aromatic rings. The average molecular weight is 694 g/mol. The van der Waals surface area contributed by atoms with Crippen molar-refractivity contribution in [2.75, 3.05) is 20.8 Å². The van der Waals surface area contributed by atoms with E-state index in [0.29, 0.717) is 42.3 Å². The van der Waals surface area contributed by atoms with E-state index in [1.165, 1.54) is 35.1 Å². The van der Waals surface area contributed by atoms with Crippen LogP contribution in [0.3, 0.4) is 0 Å². The SMILES string of the molecule is CCOC(=O)C1=C(C)N=c2s/c(=C/c3ccc(OCc4ccc(C(=O)O)cc4)c(Br)c3)c(=O)n2[C@H]1c1ccc(OC)cc1OC. The number of allylic oxidation sites excluding steroid dienone is 1. The van der Waals surface area contributed by atoms with Crippen molar-refractivity contribution in [3.63, 3.8) is 0 Å². The van der Waals surface area contributed by atoms with E-state index in [1.807, 2.05) is 12.1 Å². The second-order valence-corrected chi connectivity index (χ2v) is 11.8. The number of hydrogen-bond acceptors (Lipinski definition) is 9. The molecule has 0 unspecified atom stereocenters. The van der Waals surface area contributed by atoms with Crippen LogP contribution in [0.1, 0.15) is 46.9 Å². The van der Waals surface area contributed by atoms with Gasteiger partial charge in [-0.2, -0.15) is 0 Å². The highest BCUT2D eigenvalue weighted by Gasteiger charge is 2.35. The van der Waals surface area contributed by atoms with Crippen LogP contribution < -0.4 is 29.1 Å². The van der Waals surface area contributed by atoms with Gasteiger partial charge in [0, 0.05) is 11.6 Å². The molecule has 0 fully saturated rings. The van der Waals surface area contributed by atoms with Gasteiger partial charge in [-0.1, -0.05) is 29.5 Å². The van der Waals surface area contributed by atoms with Crippen LogP contribution in [0.25, 0.3) is 6.08 Å². The lowest BCUT2D eigenvalue weighted by molar-refractivity contribution is -0.139. The van der Waals surface area contributed by atoms with Crippen LogP contribution in [0.5, 0.6) is 17.2 Å². The van der Waals surface area contributed by atoms with Gasteiger partial charge in [0.05, 0.1) is 46.7 Å². The molecule has 12 heteroatoms. The van der Waals surface area contributed by atoms with Crippen LogP contribution in [-0.4, -0.2) is 42.4 Å². The molecule has 0 aliphatic carbocycles. The molecule has 0 radical (unpaired) electrons. The van der Waals surface area contributed by atoms with Gasteiger partial charge in [-0.05, 0) is 83.4 Å². The summed E-state index contributed by atoms with van der Waals surface area (Å²) < 4.78 is 24.9. The van der Waals surface area contributed by atoms with Crippen molar-refractivity contribution in [3.05, 3.63) is 118 Å². The Hall–Kier alpha value is -4.68. The third-order valence-corrected chi connectivity index (χ3v) is 8.70. The minimum atomic E-state index is -0.987. The second kappa shape index (κ2) is 13.5. The first kappa shape index (κ1) is 31.7. The first-order chi connectivity index (χ1) is 21.6. The number of ether oxygens (including phenoxy) is 4. The number of benzene rings is 3. The van der Waals surface area contributed by atoms with Crippen LogP contribution in [0.15, 0.2) is 86.2 Å². The van der Waals surface area contributed by atoms with E-state index in [9.17, 15) is 14.4 Å². The van der Waals surface area contributed by atoms with Crippen molar-refractivity contribution >= 4 is 45.3 Å². The molecule has 1 aliphatic heterocycles. The molecule has 1 aromatic heterocycles. The van der Waals surface area contributed by atoms with Crippen LogP contribution in [-0.2, 0) is 16.1 Å². The number of thiazole rings is 1. The Kier molecular flexibility index (Phi) is 9.54. The lowest BCUT2D eigenvalue weighted by atomic mass is 9.95. The van der Waals surface area contributed by atoms with Crippen molar-refractivity contribution in [3.8, 4) is 17.2 Å². The zero-order valence-electron chi connectivity index (χ0n) is 24.8. The zero-order chi connectivity index (χ0) is 32.2. The maximum Gasteiger partial charge on any atom is 0.338 e. The summed E-state index contributed by atoms with van der Waals surface area (Å²) in [5.74, 6) is 0.0440. The Bertz CT molecular complexity index is 2000. The maximum absolute atomic E-state index is 14.0. The molecule has 0 saturated heterocycles. The van der Waals surface area contributed by atoms with Gasteiger partial charge < -0.3 is 24.1 Å². The van der Waals surface area contributed by atoms with E-state index in [-0.39, 0.29) is 29.9 Å². The predicted molar refractivity (Wildman–Crippen MR) is 172 cm³/mol. The first-order valence-electron chi connectivity index (χ1n) is 13.8. The molecule has 0 amide bonds. The third-order valence-electron chi connectivity index (χ3n) is 7.10. The number of aromatic carboxylic acids is 1. The van der Waals surface area contributed by atoms with Crippen molar-refractivity contribution in [1.29, 1.82) is 0 Å². The molecular formula is C33H29BrN2O8S. The largest absolute Gasteiger partial charge is 0.497 e. The summed E-state index contributed by atoms with van der Waals surface area (Å²) in [5.41, 5.74) is 2.73. The van der Waals surface area contributed by atoms with Gasteiger partial charge in [-0.3, -0.25) is 9.36 Å². The summed E-state index contributed by atoms with van der Waals surface area (Å²) in [7, 11) is 3.06. The van der Waals surface area contributed by atoms with Crippen LogP contribution in [0.4, 0.5) is 0 Å². The summed E-state index contributed by atoms with van der Waals surface area (Å²) in [5, 5.41) is 9.09. The maximum atomic E-state index is 14.0. The number of carbonyl (C=O) groups is 2. The van der Waals surface area contributed by atoms with Gasteiger partial charge in [0.15, 0.2) is 4.80 Å². The van der Waals surface area contributed by atoms with E-state index in [0.717, 1.165) is 11.1 Å². The standard InChI is InChI=1S/C33H29BrN2O8S/c1-5-43-32(40)28-18(2)35-33-36(29(28)23-12-11-22(41-3)16-26(23)42-4)30(37)27(45-33)15-20-8-13-25(24(34)14-20)44-17-19-6-9-21(10-7-19)31(38)39/h6-16,29H,5,17H2,1-4H3,(H,38,39)/b27-15+/t29-/m0/s1. The van der Waals surface area contributed by atoms with E-state index in [1.54, 1.807) is 63.4 Å². The Balaban J connectivity index is 1.52. The number of esters is 1. The number of carbonyl (C=O) groups excluding carboxylic acids is 1. The highest BCUT2D eigenvalue weighted by atomic mass is 79.9. The molecule has 2 heterocycles. The lowest BCUT2D eigenvalue weighted by Crippen LogP contribution is -2.40. The normalized spacial score (nSPS) is 14.4. The molecule has 0 spiro atoms. The number of hydrogen-bond donors (Lipinski definition) is 1. The number of fused-ring (bicyclic) bond motifs is 1. The van der Waals surface area contributed by atoms with Crippen LogP contribution >= 0.6 is 27.3 Å². The summed E-state index contributed by atoms with van der Waals surface area (Å²) in [4.78, 5) is 43.4. The Labute approximate surface area is 270 Å². The fourth-order valence-corrected chi connectivity index (χ4v) is 6.47. The molecule has 10 nitrogen and oxygen atoms in total. The Morgan fingerprint density at radius 3 is 2.44 bits per heavy atom. The molecule has 232 valence electrons. The number of nitrogens with zero attached hydrogens (tertiary/aromatic N) is 2. The number of halogens is 1. The fraction of sp³-hybridized carbons (Fsp3) is 0.212. The Morgan fingerprint density at radius 2 is 1.80 bits per heavy atom. The van der Waals surface area contributed by atoms with Crippen LogP contribution in [0.2, 0.25) is 0 Å². The summed E-state index contributed by atoms with van der Waals surface area (Å²) >= 11 is 4.77. The molecule has 1 aliphatic rings. The smallest absolute Gasteiger partial charge is 0.338 e. The molecule has 0 saturated carbocycles. The molecule has 5 rings (SSSR count). The third kappa shape index (κ3) is 6.57. The number of methoxy groups -OCH3 is 2. The lowest BCUT2D eigenvalue weighted by Gasteiger charge is -2.26. The number of carboxylic acid groups (broad SMARTS) is 1. The monoisotopic (exact) mass is 692 g/mol. The van der Waals surface area contributed by atoms with E-state index >= 15 is 0 Å². The van der Waals surface area contributed by atoms with Gasteiger partial charge in [0.2, 0.25) is 0 Å². The quantitative estimate of drug-likeness (QED) is 0.234. The van der Waals surface area contributed by atoms with Gasteiger partial charge in [0.25, 0.3) is 5.56 Å². The van der Waals surface area contributed by atoms with Crippen molar-refractivity contribution < 1.29 is 33.6 Å². The van der Waals surface area contributed by atoms with E-state index in [4.69, 9.17) is 24.1 Å². The highest BCUT2D eigenvalue weighted by molar-refractivity contribution is 9.10. The summed E-state index contributed by atoms with van der Waals surface area (Å²) in [6.45, 7) is 3.85. The minimum Gasteiger partial charge on any atom is -0.497 e. The van der Waals surface area contributed by atoms with Gasteiger partial charge in [-0.25, -0.2) is 14.6 Å². The van der Waals surface area contributed by atoms with Gasteiger partial charge >= 0.3 is 11.9 Å². The summed E-state index contributed by atoms with van der Waals surface area (Å²) in [6.07, 6.45) is 1.76. The Morgan fingerprint density at radius 1 is 1.04 bits per heavy atom. The van der Waals surface area contributed by atoms with E-state index in [2.05, 4.69) is 20.9 Å². The highest BCUT2D eigenvalue weighted by Crippen LogP contribution is 2.37. The molecular weight excluding hydrogens is 664 g/mol. The second-order valence-electron chi connectivity index (χ2n) is 9.89. The van der Waals surface area contributed by atoms with Crippen LogP contribution in [0, 0.1) is 0 Å². The molecule has 1 atom stereocenters. The number of rotatable bonds is 10. The fourth-order valence-electron chi connectivity index (χ4n) is 4.91. The van der Waals surface area contributed by atoms with Crippen molar-refractivity contribution in [1.82, 2.24) is 4.57 Å². The predicted octanol–water partition coefficient (Wildman–Crippen LogP) is 4.86. The van der Waals surface area contributed by atoms with Gasteiger partial charge in [0.1, 0.15) is 29.9 Å². The number of carboxylic acids is 1. The zero-order valence-corrected chi connectivity index (χ0v) is 27.2. The first-order valence-corrected chi connectivity index (χ1v) is 15.4. The van der Waals surface area contributed by atoms with Gasteiger partial charge in [-0.15, -0.1) is 0 Å². The molecule has 3 aromatic carbocycles. The topological polar surface area (TPSA) is 126 Å². The molecule has 0 bridgehead atoms. The molecule has 1 N–H and O–H groups in total. The van der Waals surface area contributed by atoms with Crippen molar-refractivity contribution in [2.24, 2.45) is 4.99 Å². The van der Waals surface area contributed by atoms with E-state index < -0.39 is 18.0 Å². The minimum absolute atomic E-state index is 0.165. The number of aromatic nitrogens is 1. The average Bonchev–Trinajstić information content (AvgIpc) is 3.33.